The van der Waals surface area contributed by atoms with Crippen molar-refractivity contribution < 1.29 is 19.4 Å². The number of ether oxygens (including phenoxy) is 2. The minimum Gasteiger partial charge on any atom is -0.508 e. The minimum absolute atomic E-state index is 0.128. The summed E-state index contributed by atoms with van der Waals surface area (Å²) in [5, 5.41) is 9.27. The van der Waals surface area contributed by atoms with E-state index in [0.717, 1.165) is 11.1 Å². The van der Waals surface area contributed by atoms with E-state index in [9.17, 15) is 9.90 Å². The lowest BCUT2D eigenvalue weighted by Crippen LogP contribution is -1.97. The molecule has 0 aliphatic heterocycles. The third-order valence-corrected chi connectivity index (χ3v) is 3.56. The van der Waals surface area contributed by atoms with Gasteiger partial charge in [-0.15, -0.1) is 6.58 Å². The summed E-state index contributed by atoms with van der Waals surface area (Å²) >= 11 is 0. The average molecular weight is 324 g/mol. The fourth-order valence-corrected chi connectivity index (χ4v) is 2.34. The number of carbonyl (C=O) groups is 1. The maximum Gasteiger partial charge on any atom is 0.185 e. The van der Waals surface area contributed by atoms with Crippen LogP contribution in [-0.2, 0) is 6.42 Å². The van der Waals surface area contributed by atoms with E-state index in [2.05, 4.69) is 6.58 Å². The topological polar surface area (TPSA) is 55.8 Å². The van der Waals surface area contributed by atoms with Gasteiger partial charge in [-0.25, -0.2) is 0 Å². The molecule has 24 heavy (non-hydrogen) atoms. The Morgan fingerprint density at radius 3 is 2.21 bits per heavy atom. The summed E-state index contributed by atoms with van der Waals surface area (Å²) in [6.45, 7) is 3.74. The van der Waals surface area contributed by atoms with Gasteiger partial charge >= 0.3 is 0 Å². The molecule has 0 saturated heterocycles. The Morgan fingerprint density at radius 1 is 1.12 bits per heavy atom. The number of allylic oxidation sites excluding steroid dienone is 2. The lowest BCUT2D eigenvalue weighted by Gasteiger charge is -2.13. The summed E-state index contributed by atoms with van der Waals surface area (Å²) in [5.41, 5.74) is 2.21. The molecule has 1 N–H and O–H groups in total. The van der Waals surface area contributed by atoms with Gasteiger partial charge in [0.2, 0.25) is 0 Å². The Labute approximate surface area is 141 Å². The summed E-state index contributed by atoms with van der Waals surface area (Å²) < 4.78 is 10.8. The molecular formula is C20H20O4. The maximum absolute atomic E-state index is 12.2. The largest absolute Gasteiger partial charge is 0.508 e. The Hall–Kier alpha value is -3.01. The first-order valence-corrected chi connectivity index (χ1v) is 7.46. The predicted octanol–water partition coefficient (Wildman–Crippen LogP) is 4.03. The molecule has 0 spiro atoms. The van der Waals surface area contributed by atoms with E-state index in [4.69, 9.17) is 9.47 Å². The summed E-state index contributed by atoms with van der Waals surface area (Å²) in [4.78, 5) is 12.2. The molecule has 0 aliphatic carbocycles. The zero-order valence-corrected chi connectivity index (χ0v) is 13.8. The van der Waals surface area contributed by atoms with Crippen molar-refractivity contribution in [2.24, 2.45) is 0 Å². The van der Waals surface area contributed by atoms with Crippen LogP contribution in [0.1, 0.15) is 21.5 Å². The Balaban J connectivity index is 2.29. The minimum atomic E-state index is -0.150. The first kappa shape index (κ1) is 17.3. The second-order valence-corrected chi connectivity index (χ2v) is 5.14. The first-order chi connectivity index (χ1) is 11.6. The molecule has 0 unspecified atom stereocenters. The van der Waals surface area contributed by atoms with Crippen molar-refractivity contribution in [1.29, 1.82) is 0 Å². The normalized spacial score (nSPS) is 10.6. The number of rotatable bonds is 7. The van der Waals surface area contributed by atoms with Crippen molar-refractivity contribution in [1.82, 2.24) is 0 Å². The number of ketones is 1. The molecule has 0 fully saturated rings. The first-order valence-electron chi connectivity index (χ1n) is 7.46. The van der Waals surface area contributed by atoms with Gasteiger partial charge in [0, 0.05) is 11.1 Å². The molecule has 124 valence electrons. The van der Waals surface area contributed by atoms with Crippen molar-refractivity contribution in [2.75, 3.05) is 14.2 Å². The van der Waals surface area contributed by atoms with Crippen LogP contribution in [0.5, 0.6) is 17.2 Å². The Morgan fingerprint density at radius 2 is 1.71 bits per heavy atom. The van der Waals surface area contributed by atoms with Crippen LogP contribution in [0.2, 0.25) is 0 Å². The molecule has 0 amide bonds. The van der Waals surface area contributed by atoms with Crippen LogP contribution in [0, 0.1) is 0 Å². The molecule has 2 aromatic carbocycles. The zero-order valence-electron chi connectivity index (χ0n) is 13.8. The van der Waals surface area contributed by atoms with E-state index in [1.807, 2.05) is 12.1 Å². The fourth-order valence-electron chi connectivity index (χ4n) is 2.34. The molecule has 4 nitrogen and oxygen atoms in total. The van der Waals surface area contributed by atoms with Gasteiger partial charge in [0.25, 0.3) is 0 Å². The van der Waals surface area contributed by atoms with Crippen LogP contribution in [0.4, 0.5) is 0 Å². The van der Waals surface area contributed by atoms with E-state index in [1.165, 1.54) is 18.2 Å². The number of aromatic hydroxyl groups is 1. The van der Waals surface area contributed by atoms with Gasteiger partial charge in [-0.2, -0.15) is 0 Å². The molecular weight excluding hydrogens is 304 g/mol. The van der Waals surface area contributed by atoms with Crippen LogP contribution < -0.4 is 9.47 Å². The summed E-state index contributed by atoms with van der Waals surface area (Å²) in [6, 6.07) is 9.82. The third kappa shape index (κ3) is 4.04. The molecule has 0 bridgehead atoms. The van der Waals surface area contributed by atoms with Crippen LogP contribution in [0.15, 0.2) is 55.1 Å². The average Bonchev–Trinajstić information content (AvgIpc) is 2.61. The molecule has 2 aromatic rings. The standard InChI is InChI=1S/C20H20O4/c1-4-5-17-19(23-2)12-14(13-20(17)24-3)6-11-18(22)15-7-9-16(21)10-8-15/h4,6-13,21H,1,5H2,2-3H3. The lowest BCUT2D eigenvalue weighted by molar-refractivity contribution is 0.104. The molecule has 0 saturated carbocycles. The van der Waals surface area contributed by atoms with Crippen molar-refractivity contribution in [3.8, 4) is 17.2 Å². The molecule has 0 aromatic heterocycles. The van der Waals surface area contributed by atoms with E-state index < -0.39 is 0 Å². The molecule has 4 heteroatoms. The second-order valence-electron chi connectivity index (χ2n) is 5.14. The molecule has 0 radical (unpaired) electrons. The third-order valence-electron chi connectivity index (χ3n) is 3.56. The lowest BCUT2D eigenvalue weighted by atomic mass is 10.0. The number of hydrogen-bond donors (Lipinski definition) is 1. The highest BCUT2D eigenvalue weighted by Crippen LogP contribution is 2.31. The van der Waals surface area contributed by atoms with Gasteiger partial charge in [-0.3, -0.25) is 4.79 Å². The number of hydrogen-bond acceptors (Lipinski definition) is 4. The summed E-state index contributed by atoms with van der Waals surface area (Å²) in [6.07, 6.45) is 5.60. The van der Waals surface area contributed by atoms with Crippen LogP contribution in [-0.4, -0.2) is 25.1 Å². The SMILES string of the molecule is C=CCc1c(OC)cc(C=CC(=O)c2ccc(O)cc2)cc1OC. The predicted molar refractivity (Wildman–Crippen MR) is 94.9 cm³/mol. The number of phenolic OH excluding ortho intramolecular Hbond substituents is 1. The monoisotopic (exact) mass is 324 g/mol. The van der Waals surface area contributed by atoms with E-state index in [1.54, 1.807) is 38.5 Å². The highest BCUT2D eigenvalue weighted by atomic mass is 16.5. The van der Waals surface area contributed by atoms with Gasteiger partial charge in [0.1, 0.15) is 17.2 Å². The Kier molecular flexibility index (Phi) is 5.79. The van der Waals surface area contributed by atoms with Crippen LogP contribution in [0.3, 0.4) is 0 Å². The highest BCUT2D eigenvalue weighted by Gasteiger charge is 2.10. The van der Waals surface area contributed by atoms with Crippen molar-refractivity contribution in [2.45, 2.75) is 6.42 Å². The van der Waals surface area contributed by atoms with Crippen LogP contribution >= 0.6 is 0 Å². The second kappa shape index (κ2) is 8.02. The number of phenols is 1. The van der Waals surface area contributed by atoms with Gasteiger partial charge in [0.15, 0.2) is 5.78 Å². The van der Waals surface area contributed by atoms with E-state index in [0.29, 0.717) is 23.5 Å². The van der Waals surface area contributed by atoms with Crippen molar-refractivity contribution in [3.63, 3.8) is 0 Å². The molecule has 2 rings (SSSR count). The van der Waals surface area contributed by atoms with E-state index in [-0.39, 0.29) is 11.5 Å². The molecule has 0 atom stereocenters. The zero-order chi connectivity index (χ0) is 17.5. The fraction of sp³-hybridized carbons (Fsp3) is 0.150. The molecule has 0 heterocycles. The molecule has 0 aliphatic rings. The number of carbonyl (C=O) groups excluding carboxylic acids is 1. The van der Waals surface area contributed by atoms with E-state index >= 15 is 0 Å². The highest BCUT2D eigenvalue weighted by molar-refractivity contribution is 6.06. The van der Waals surface area contributed by atoms with Gasteiger partial charge < -0.3 is 14.6 Å². The van der Waals surface area contributed by atoms with Crippen molar-refractivity contribution >= 4 is 11.9 Å². The van der Waals surface area contributed by atoms with Crippen LogP contribution in [0.25, 0.3) is 6.08 Å². The smallest absolute Gasteiger partial charge is 0.185 e. The maximum atomic E-state index is 12.2. The quantitative estimate of drug-likeness (QED) is 0.474. The van der Waals surface area contributed by atoms with Gasteiger partial charge in [-0.05, 0) is 54.5 Å². The number of methoxy groups -OCH3 is 2. The summed E-state index contributed by atoms with van der Waals surface area (Å²) in [7, 11) is 3.19. The van der Waals surface area contributed by atoms with Crippen molar-refractivity contribution in [3.05, 3.63) is 71.8 Å². The Bertz CT molecular complexity index is 733. The van der Waals surface area contributed by atoms with Gasteiger partial charge in [0.05, 0.1) is 14.2 Å². The number of benzene rings is 2. The van der Waals surface area contributed by atoms with Gasteiger partial charge in [-0.1, -0.05) is 12.2 Å². The summed E-state index contributed by atoms with van der Waals surface area (Å²) in [5.74, 6) is 1.35.